The van der Waals surface area contributed by atoms with E-state index >= 15 is 0 Å². The molecular formula is C38H22O2. The van der Waals surface area contributed by atoms with Crippen molar-refractivity contribution >= 4 is 65.4 Å². The van der Waals surface area contributed by atoms with E-state index in [2.05, 4.69) is 133 Å². The molecule has 0 spiro atoms. The van der Waals surface area contributed by atoms with Crippen LogP contribution in [0.5, 0.6) is 0 Å². The molecule has 2 aromatic heterocycles. The topological polar surface area (TPSA) is 26.3 Å². The number of furan rings is 2. The molecule has 0 atom stereocenters. The fourth-order valence-electron chi connectivity index (χ4n) is 6.33. The summed E-state index contributed by atoms with van der Waals surface area (Å²) in [4.78, 5) is 0. The molecule has 0 N–H and O–H groups in total. The normalized spacial score (nSPS) is 12.0. The molecule has 0 fully saturated rings. The largest absolute Gasteiger partial charge is 0.456 e. The standard InChI is InChI=1S/C38H22O2/c1-3-11-27-23(7-1)9-5-13-29(27)25-15-17-35-31(19-25)33-21-38-34(22-37(33)39-35)32-20-26(16-18-36(32)40-38)30-14-6-10-24-8-2-4-12-28(24)30/h1-22H. The van der Waals surface area contributed by atoms with E-state index in [1.54, 1.807) is 0 Å². The van der Waals surface area contributed by atoms with Gasteiger partial charge in [-0.15, -0.1) is 0 Å². The lowest BCUT2D eigenvalue weighted by Gasteiger charge is -2.07. The van der Waals surface area contributed by atoms with Crippen molar-refractivity contribution in [2.45, 2.75) is 0 Å². The summed E-state index contributed by atoms with van der Waals surface area (Å²) < 4.78 is 12.8. The summed E-state index contributed by atoms with van der Waals surface area (Å²) in [6.07, 6.45) is 0. The highest BCUT2D eigenvalue weighted by Gasteiger charge is 2.16. The summed E-state index contributed by atoms with van der Waals surface area (Å²) in [7, 11) is 0. The Bertz CT molecular complexity index is 2250. The van der Waals surface area contributed by atoms with Crippen LogP contribution >= 0.6 is 0 Å². The fourth-order valence-corrected chi connectivity index (χ4v) is 6.33. The summed E-state index contributed by atoms with van der Waals surface area (Å²) in [6, 6.07) is 47.3. The van der Waals surface area contributed by atoms with Crippen molar-refractivity contribution in [3.63, 3.8) is 0 Å². The van der Waals surface area contributed by atoms with Crippen molar-refractivity contribution in [3.05, 3.63) is 133 Å². The van der Waals surface area contributed by atoms with Crippen LogP contribution in [0.15, 0.2) is 142 Å². The van der Waals surface area contributed by atoms with Crippen LogP contribution in [0.25, 0.3) is 87.7 Å². The third-order valence-corrected chi connectivity index (χ3v) is 8.26. The van der Waals surface area contributed by atoms with Gasteiger partial charge in [0.25, 0.3) is 0 Å². The Kier molecular flexibility index (Phi) is 4.36. The number of hydrogen-bond acceptors (Lipinski definition) is 2. The third-order valence-electron chi connectivity index (χ3n) is 8.26. The summed E-state index contributed by atoms with van der Waals surface area (Å²) >= 11 is 0. The Balaban J connectivity index is 1.24. The van der Waals surface area contributed by atoms with Gasteiger partial charge in [0.05, 0.1) is 0 Å². The number of hydrogen-bond donors (Lipinski definition) is 0. The van der Waals surface area contributed by atoms with E-state index in [1.165, 1.54) is 43.8 Å². The molecule has 0 aliphatic carbocycles. The highest BCUT2D eigenvalue weighted by molar-refractivity contribution is 6.16. The van der Waals surface area contributed by atoms with Gasteiger partial charge in [-0.1, -0.05) is 97.1 Å². The zero-order chi connectivity index (χ0) is 26.2. The second-order valence-corrected chi connectivity index (χ2v) is 10.5. The minimum absolute atomic E-state index is 0.871. The lowest BCUT2D eigenvalue weighted by molar-refractivity contribution is 0.664. The van der Waals surface area contributed by atoms with Crippen LogP contribution in [0, 0.1) is 0 Å². The van der Waals surface area contributed by atoms with E-state index < -0.39 is 0 Å². The first-order valence-corrected chi connectivity index (χ1v) is 13.6. The molecule has 0 radical (unpaired) electrons. The van der Waals surface area contributed by atoms with Gasteiger partial charge in [0.2, 0.25) is 0 Å². The van der Waals surface area contributed by atoms with E-state index in [-0.39, 0.29) is 0 Å². The number of rotatable bonds is 2. The van der Waals surface area contributed by atoms with Crippen molar-refractivity contribution in [1.29, 1.82) is 0 Å². The van der Waals surface area contributed by atoms with Gasteiger partial charge < -0.3 is 8.83 Å². The van der Waals surface area contributed by atoms with E-state index in [9.17, 15) is 0 Å². The van der Waals surface area contributed by atoms with Crippen molar-refractivity contribution in [1.82, 2.24) is 0 Å². The van der Waals surface area contributed by atoms with Crippen LogP contribution in [0.1, 0.15) is 0 Å². The minimum Gasteiger partial charge on any atom is -0.456 e. The predicted molar refractivity (Wildman–Crippen MR) is 167 cm³/mol. The maximum atomic E-state index is 6.39. The van der Waals surface area contributed by atoms with Crippen LogP contribution in [0.2, 0.25) is 0 Å². The first-order valence-electron chi connectivity index (χ1n) is 13.6. The molecule has 0 amide bonds. The third kappa shape index (κ3) is 3.11. The minimum atomic E-state index is 0.871. The molecule has 0 saturated carbocycles. The highest BCUT2D eigenvalue weighted by atomic mass is 16.3. The van der Waals surface area contributed by atoms with Gasteiger partial charge in [-0.05, 0) is 80.2 Å². The second kappa shape index (κ2) is 8.08. The zero-order valence-corrected chi connectivity index (χ0v) is 21.5. The molecule has 9 aromatic rings. The maximum absolute atomic E-state index is 6.39. The zero-order valence-electron chi connectivity index (χ0n) is 21.5. The average molecular weight is 511 g/mol. The number of fused-ring (bicyclic) bond motifs is 8. The van der Waals surface area contributed by atoms with E-state index in [4.69, 9.17) is 8.83 Å². The molecule has 9 rings (SSSR count). The second-order valence-electron chi connectivity index (χ2n) is 10.5. The molecule has 186 valence electrons. The Morgan fingerprint density at radius 2 is 0.725 bits per heavy atom. The van der Waals surface area contributed by atoms with Gasteiger partial charge in [0, 0.05) is 21.5 Å². The Morgan fingerprint density at radius 1 is 0.300 bits per heavy atom. The molecule has 0 unspecified atom stereocenters. The SMILES string of the molecule is c1ccc2c(-c3ccc4oc5cc6c(cc5c4c3)oc3ccc(-c4cccc5ccccc45)cc36)cccc2c1. The van der Waals surface area contributed by atoms with Crippen LogP contribution in [-0.4, -0.2) is 0 Å². The molecule has 0 bridgehead atoms. The average Bonchev–Trinajstić information content (AvgIpc) is 3.55. The Hall–Kier alpha value is -5.34. The van der Waals surface area contributed by atoms with Crippen LogP contribution in [-0.2, 0) is 0 Å². The molecule has 2 nitrogen and oxygen atoms in total. The smallest absolute Gasteiger partial charge is 0.136 e. The van der Waals surface area contributed by atoms with Crippen LogP contribution in [0.4, 0.5) is 0 Å². The molecular weight excluding hydrogens is 488 g/mol. The van der Waals surface area contributed by atoms with Crippen molar-refractivity contribution in [2.24, 2.45) is 0 Å². The van der Waals surface area contributed by atoms with Gasteiger partial charge in [-0.25, -0.2) is 0 Å². The molecule has 2 heteroatoms. The predicted octanol–water partition coefficient (Wildman–Crippen LogP) is 11.1. The van der Waals surface area contributed by atoms with E-state index in [1.807, 2.05) is 0 Å². The molecule has 40 heavy (non-hydrogen) atoms. The fraction of sp³-hybridized carbons (Fsp3) is 0. The van der Waals surface area contributed by atoms with E-state index in [0.29, 0.717) is 0 Å². The van der Waals surface area contributed by atoms with Gasteiger partial charge in [-0.2, -0.15) is 0 Å². The quantitative estimate of drug-likeness (QED) is 0.231. The van der Waals surface area contributed by atoms with Crippen molar-refractivity contribution in [3.8, 4) is 22.3 Å². The first kappa shape index (κ1) is 21.6. The van der Waals surface area contributed by atoms with Gasteiger partial charge in [-0.3, -0.25) is 0 Å². The Morgan fingerprint density at radius 3 is 1.23 bits per heavy atom. The summed E-state index contributed by atoms with van der Waals surface area (Å²) in [6.45, 7) is 0. The molecule has 0 aliphatic rings. The van der Waals surface area contributed by atoms with Crippen molar-refractivity contribution in [2.75, 3.05) is 0 Å². The van der Waals surface area contributed by atoms with Gasteiger partial charge >= 0.3 is 0 Å². The van der Waals surface area contributed by atoms with E-state index in [0.717, 1.165) is 43.9 Å². The lowest BCUT2D eigenvalue weighted by atomic mass is 9.96. The van der Waals surface area contributed by atoms with Gasteiger partial charge in [0.15, 0.2) is 0 Å². The van der Waals surface area contributed by atoms with Crippen molar-refractivity contribution < 1.29 is 8.83 Å². The molecule has 0 saturated heterocycles. The van der Waals surface area contributed by atoms with Gasteiger partial charge in [0.1, 0.15) is 22.3 Å². The summed E-state index contributed by atoms with van der Waals surface area (Å²) in [5.41, 5.74) is 8.31. The molecule has 2 heterocycles. The Labute approximate surface area is 229 Å². The van der Waals surface area contributed by atoms with Crippen LogP contribution < -0.4 is 0 Å². The molecule has 7 aromatic carbocycles. The number of benzene rings is 7. The summed E-state index contributed by atoms with van der Waals surface area (Å²) in [5, 5.41) is 9.31. The molecule has 0 aliphatic heterocycles. The maximum Gasteiger partial charge on any atom is 0.136 e. The lowest BCUT2D eigenvalue weighted by Crippen LogP contribution is -1.81. The highest BCUT2D eigenvalue weighted by Crippen LogP contribution is 2.40. The van der Waals surface area contributed by atoms with Crippen LogP contribution in [0.3, 0.4) is 0 Å². The first-order chi connectivity index (χ1) is 19.8. The monoisotopic (exact) mass is 510 g/mol. The summed E-state index contributed by atoms with van der Waals surface area (Å²) in [5.74, 6) is 0.